The highest BCUT2D eigenvalue weighted by Crippen LogP contribution is 2.38. The molecule has 0 spiro atoms. The molecule has 0 saturated carbocycles. The Kier molecular flexibility index (Phi) is 6.00. The van der Waals surface area contributed by atoms with Crippen LogP contribution in [-0.2, 0) is 12.8 Å². The number of aromatic nitrogens is 1. The molecule has 1 aliphatic rings. The van der Waals surface area contributed by atoms with Gasteiger partial charge in [0.15, 0.2) is 0 Å². The number of hydrogen-bond donors (Lipinski definition) is 1. The molecule has 0 saturated heterocycles. The van der Waals surface area contributed by atoms with E-state index in [0.717, 1.165) is 30.5 Å². The third kappa shape index (κ3) is 4.16. The van der Waals surface area contributed by atoms with E-state index in [1.165, 1.54) is 23.4 Å². The van der Waals surface area contributed by atoms with E-state index in [2.05, 4.69) is 29.1 Å². The molecule has 0 amide bonds. The lowest BCUT2D eigenvalue weighted by molar-refractivity contribution is 0.0695. The molecule has 1 atom stereocenters. The van der Waals surface area contributed by atoms with Crippen molar-refractivity contribution in [1.82, 2.24) is 9.88 Å². The topological polar surface area (TPSA) is 62.7 Å². The van der Waals surface area contributed by atoms with Crippen LogP contribution in [-0.4, -0.2) is 41.7 Å². The van der Waals surface area contributed by atoms with Gasteiger partial charge < -0.3 is 9.84 Å². The Hall–Kier alpha value is -3.25. The van der Waals surface area contributed by atoms with Crippen LogP contribution >= 0.6 is 0 Å². The molecule has 4 rings (SSSR count). The number of halogens is 1. The number of fused-ring (bicyclic) bond motifs is 1. The maximum absolute atomic E-state index is 14.6. The number of carboxylic acid groups (broad SMARTS) is 1. The summed E-state index contributed by atoms with van der Waals surface area (Å²) in [6.45, 7) is 0.883. The van der Waals surface area contributed by atoms with Crippen LogP contribution in [0.25, 0.3) is 11.1 Å². The first-order valence-electron chi connectivity index (χ1n) is 10.3. The summed E-state index contributed by atoms with van der Waals surface area (Å²) in [4.78, 5) is 17.9. The Labute approximate surface area is 181 Å². The Morgan fingerprint density at radius 3 is 2.90 bits per heavy atom. The summed E-state index contributed by atoms with van der Waals surface area (Å²) in [5, 5.41) is 9.44. The molecule has 1 aromatic heterocycles. The SMILES string of the molecule is COc1cccc(F)c1-c1ccc2c(c1)CCN(C)[C@@H]2CCc1cnccc1C(=O)O. The number of methoxy groups -OCH3 is 1. The Bertz CT molecular complexity index is 1120. The van der Waals surface area contributed by atoms with Crippen LogP contribution in [0, 0.1) is 5.82 Å². The minimum Gasteiger partial charge on any atom is -0.496 e. The van der Waals surface area contributed by atoms with Gasteiger partial charge in [0, 0.05) is 25.0 Å². The lowest BCUT2D eigenvalue weighted by atomic mass is 9.87. The number of rotatable bonds is 6. The van der Waals surface area contributed by atoms with E-state index in [-0.39, 0.29) is 11.9 Å². The predicted octanol–water partition coefficient (Wildman–Crippen LogP) is 4.76. The van der Waals surface area contributed by atoms with E-state index in [9.17, 15) is 14.3 Å². The van der Waals surface area contributed by atoms with E-state index < -0.39 is 5.97 Å². The largest absolute Gasteiger partial charge is 0.496 e. The van der Waals surface area contributed by atoms with Crippen molar-refractivity contribution < 1.29 is 19.0 Å². The molecule has 31 heavy (non-hydrogen) atoms. The van der Waals surface area contributed by atoms with Crippen molar-refractivity contribution in [3.8, 4) is 16.9 Å². The van der Waals surface area contributed by atoms with Crippen LogP contribution in [0.5, 0.6) is 5.75 Å². The smallest absolute Gasteiger partial charge is 0.336 e. The van der Waals surface area contributed by atoms with Crippen molar-refractivity contribution in [2.75, 3.05) is 20.7 Å². The number of hydrogen-bond acceptors (Lipinski definition) is 4. The average molecular weight is 420 g/mol. The lowest BCUT2D eigenvalue weighted by Gasteiger charge is -2.35. The van der Waals surface area contributed by atoms with Gasteiger partial charge in [0.05, 0.1) is 18.2 Å². The molecule has 0 radical (unpaired) electrons. The molecule has 1 N–H and O–H groups in total. The van der Waals surface area contributed by atoms with Crippen LogP contribution in [0.15, 0.2) is 54.9 Å². The Balaban J connectivity index is 1.64. The molecule has 160 valence electrons. The highest BCUT2D eigenvalue weighted by Gasteiger charge is 2.26. The molecule has 5 nitrogen and oxygen atoms in total. The predicted molar refractivity (Wildman–Crippen MR) is 117 cm³/mol. The summed E-state index contributed by atoms with van der Waals surface area (Å²) in [5.41, 5.74) is 4.71. The van der Waals surface area contributed by atoms with Crippen molar-refractivity contribution in [2.45, 2.75) is 25.3 Å². The molecule has 1 aliphatic heterocycles. The Morgan fingerprint density at radius 2 is 2.13 bits per heavy atom. The van der Waals surface area contributed by atoms with E-state index in [1.54, 1.807) is 31.5 Å². The van der Waals surface area contributed by atoms with Crippen molar-refractivity contribution in [1.29, 1.82) is 0 Å². The fourth-order valence-electron chi connectivity index (χ4n) is 4.45. The van der Waals surface area contributed by atoms with Gasteiger partial charge in [0.25, 0.3) is 0 Å². The number of carboxylic acids is 1. The molecular formula is C25H25FN2O3. The standard InChI is InChI=1S/C25H25FN2O3/c1-28-13-11-16-14-17(24-21(26)4-3-5-23(24)31-2)6-8-19(16)22(28)9-7-18-15-27-12-10-20(18)25(29)30/h3-6,8,10,12,14-15,22H,7,9,11,13H2,1-2H3,(H,29,30)/t22-/m1/s1. The minimum absolute atomic E-state index is 0.155. The maximum atomic E-state index is 14.6. The number of aryl methyl sites for hydroxylation is 1. The van der Waals surface area contributed by atoms with Crippen LogP contribution in [0.2, 0.25) is 0 Å². The summed E-state index contributed by atoms with van der Waals surface area (Å²) in [5.74, 6) is -0.720. The summed E-state index contributed by atoms with van der Waals surface area (Å²) in [6, 6.07) is 12.6. The van der Waals surface area contributed by atoms with Gasteiger partial charge in [-0.25, -0.2) is 9.18 Å². The van der Waals surface area contributed by atoms with Crippen molar-refractivity contribution >= 4 is 5.97 Å². The molecular weight excluding hydrogens is 395 g/mol. The number of carbonyl (C=O) groups is 1. The second-order valence-electron chi connectivity index (χ2n) is 7.85. The van der Waals surface area contributed by atoms with Gasteiger partial charge in [0.2, 0.25) is 0 Å². The molecule has 0 unspecified atom stereocenters. The summed E-state index contributed by atoms with van der Waals surface area (Å²) in [6.07, 6.45) is 5.42. The highest BCUT2D eigenvalue weighted by molar-refractivity contribution is 5.89. The number of ether oxygens (including phenoxy) is 1. The quantitative estimate of drug-likeness (QED) is 0.623. The second-order valence-corrected chi connectivity index (χ2v) is 7.85. The third-order valence-corrected chi connectivity index (χ3v) is 6.07. The molecule has 0 aliphatic carbocycles. The van der Waals surface area contributed by atoms with Gasteiger partial charge in [-0.2, -0.15) is 0 Å². The van der Waals surface area contributed by atoms with Crippen molar-refractivity contribution in [3.05, 3.63) is 82.9 Å². The minimum atomic E-state index is -0.932. The lowest BCUT2D eigenvalue weighted by Crippen LogP contribution is -2.32. The van der Waals surface area contributed by atoms with E-state index in [1.807, 2.05) is 6.07 Å². The average Bonchev–Trinajstić information content (AvgIpc) is 2.78. The molecule has 3 aromatic rings. The first-order chi connectivity index (χ1) is 15.0. The monoisotopic (exact) mass is 420 g/mol. The molecule has 6 heteroatoms. The molecule has 0 fully saturated rings. The third-order valence-electron chi connectivity index (χ3n) is 6.07. The van der Waals surface area contributed by atoms with Crippen LogP contribution in [0.4, 0.5) is 4.39 Å². The second kappa shape index (κ2) is 8.86. The van der Waals surface area contributed by atoms with E-state index in [4.69, 9.17) is 4.74 Å². The fourth-order valence-corrected chi connectivity index (χ4v) is 4.45. The van der Waals surface area contributed by atoms with Crippen molar-refractivity contribution in [3.63, 3.8) is 0 Å². The zero-order valence-electron chi connectivity index (χ0n) is 17.6. The van der Waals surface area contributed by atoms with E-state index in [0.29, 0.717) is 23.3 Å². The van der Waals surface area contributed by atoms with Gasteiger partial charge in [-0.1, -0.05) is 24.3 Å². The van der Waals surface area contributed by atoms with Crippen LogP contribution in [0.1, 0.15) is 39.5 Å². The normalized spacial score (nSPS) is 16.0. The summed E-state index contributed by atoms with van der Waals surface area (Å²) in [7, 11) is 3.63. The van der Waals surface area contributed by atoms with Gasteiger partial charge in [0.1, 0.15) is 11.6 Å². The molecule has 2 heterocycles. The van der Waals surface area contributed by atoms with Crippen LogP contribution < -0.4 is 4.74 Å². The summed E-state index contributed by atoms with van der Waals surface area (Å²) < 4.78 is 19.9. The number of nitrogens with zero attached hydrogens (tertiary/aromatic N) is 2. The first kappa shape index (κ1) is 21.0. The number of pyridine rings is 1. The van der Waals surface area contributed by atoms with E-state index >= 15 is 0 Å². The zero-order valence-corrected chi connectivity index (χ0v) is 17.6. The fraction of sp³-hybridized carbons (Fsp3) is 0.280. The zero-order chi connectivity index (χ0) is 22.0. The number of benzene rings is 2. The number of likely N-dealkylation sites (N-methyl/N-ethyl adjacent to an activating group) is 1. The molecule has 2 aromatic carbocycles. The van der Waals surface area contributed by atoms with Gasteiger partial charge in [-0.3, -0.25) is 9.88 Å². The highest BCUT2D eigenvalue weighted by atomic mass is 19.1. The van der Waals surface area contributed by atoms with Gasteiger partial charge in [-0.05, 0) is 66.8 Å². The molecule has 0 bridgehead atoms. The van der Waals surface area contributed by atoms with Crippen molar-refractivity contribution in [2.24, 2.45) is 0 Å². The van der Waals surface area contributed by atoms with Gasteiger partial charge >= 0.3 is 5.97 Å². The number of aromatic carboxylic acids is 1. The first-order valence-corrected chi connectivity index (χ1v) is 10.3. The maximum Gasteiger partial charge on any atom is 0.336 e. The van der Waals surface area contributed by atoms with Gasteiger partial charge in [-0.15, -0.1) is 0 Å². The van der Waals surface area contributed by atoms with Crippen LogP contribution in [0.3, 0.4) is 0 Å². The summed E-state index contributed by atoms with van der Waals surface area (Å²) >= 11 is 0. The Morgan fingerprint density at radius 1 is 1.29 bits per heavy atom.